The molecule has 1 N–H and O–H groups in total. The number of benzene rings is 1. The van der Waals surface area contributed by atoms with Crippen molar-refractivity contribution in [3.8, 4) is 0 Å². The van der Waals surface area contributed by atoms with E-state index in [4.69, 9.17) is 0 Å². The number of rotatable bonds is 2. The highest BCUT2D eigenvalue weighted by Gasteiger charge is 2.17. The van der Waals surface area contributed by atoms with Gasteiger partial charge in [0.15, 0.2) is 6.10 Å². The maximum atomic E-state index is 12.4. The van der Waals surface area contributed by atoms with Crippen molar-refractivity contribution >= 4 is 5.97 Å². The maximum absolute atomic E-state index is 12.4. The Balaban J connectivity index is 2.83. The van der Waals surface area contributed by atoms with Gasteiger partial charge in [-0.1, -0.05) is 12.1 Å². The van der Waals surface area contributed by atoms with Gasteiger partial charge in [-0.25, -0.2) is 9.18 Å². The van der Waals surface area contributed by atoms with E-state index in [9.17, 15) is 14.3 Å². The Hall–Kier alpha value is -1.42. The van der Waals surface area contributed by atoms with E-state index in [-0.39, 0.29) is 0 Å². The van der Waals surface area contributed by atoms with E-state index < -0.39 is 17.9 Å². The molecule has 0 aliphatic carbocycles. The number of carbonyl (C=O) groups excluding carboxylic acids is 1. The molecule has 1 rings (SSSR count). The Morgan fingerprint density at radius 3 is 2.46 bits per heavy atom. The second-order valence-corrected chi connectivity index (χ2v) is 2.48. The van der Waals surface area contributed by atoms with Crippen molar-refractivity contribution < 1.29 is 19.0 Å². The van der Waals surface area contributed by atoms with Crippen molar-refractivity contribution in [2.24, 2.45) is 0 Å². The summed E-state index contributed by atoms with van der Waals surface area (Å²) < 4.78 is 16.7. The van der Waals surface area contributed by atoms with Crippen LogP contribution in [0.4, 0.5) is 4.39 Å². The summed E-state index contributed by atoms with van der Waals surface area (Å²) in [6.07, 6.45) is -1.34. The number of hydrogen-bond donors (Lipinski definition) is 1. The number of aliphatic hydroxyl groups excluding tert-OH is 1. The Bertz CT molecular complexity index is 294. The van der Waals surface area contributed by atoms with Gasteiger partial charge in [0, 0.05) is 0 Å². The van der Waals surface area contributed by atoms with Gasteiger partial charge in [-0.15, -0.1) is 0 Å². The third kappa shape index (κ3) is 2.26. The third-order valence-electron chi connectivity index (χ3n) is 1.61. The number of halogens is 1. The van der Waals surface area contributed by atoms with Gasteiger partial charge in [0.25, 0.3) is 0 Å². The summed E-state index contributed by atoms with van der Waals surface area (Å²) in [5.74, 6) is -1.17. The number of aliphatic hydroxyl groups is 1. The highest BCUT2D eigenvalue weighted by molar-refractivity contribution is 5.75. The average Bonchev–Trinajstić information content (AvgIpc) is 2.17. The van der Waals surface area contributed by atoms with Crippen molar-refractivity contribution in [1.82, 2.24) is 0 Å². The molecule has 1 atom stereocenters. The van der Waals surface area contributed by atoms with Gasteiger partial charge in [0.1, 0.15) is 5.82 Å². The molecule has 0 radical (unpaired) electrons. The monoisotopic (exact) mass is 184 g/mol. The first kappa shape index (κ1) is 9.67. The molecule has 4 heteroatoms. The van der Waals surface area contributed by atoms with Crippen LogP contribution in [0.5, 0.6) is 0 Å². The van der Waals surface area contributed by atoms with Crippen LogP contribution in [0.1, 0.15) is 11.7 Å². The Kier molecular flexibility index (Phi) is 2.97. The highest BCUT2D eigenvalue weighted by Crippen LogP contribution is 2.14. The molecule has 13 heavy (non-hydrogen) atoms. The number of methoxy groups -OCH3 is 1. The fourth-order valence-corrected chi connectivity index (χ4v) is 0.893. The molecule has 0 unspecified atom stereocenters. The molecule has 1 aromatic carbocycles. The lowest BCUT2D eigenvalue weighted by Crippen LogP contribution is -2.13. The molecule has 0 saturated heterocycles. The van der Waals surface area contributed by atoms with Crippen molar-refractivity contribution in [3.63, 3.8) is 0 Å². The fourth-order valence-electron chi connectivity index (χ4n) is 0.893. The second-order valence-electron chi connectivity index (χ2n) is 2.48. The number of carbonyl (C=O) groups is 1. The van der Waals surface area contributed by atoms with Crippen molar-refractivity contribution in [2.75, 3.05) is 7.11 Å². The standard InChI is InChI=1S/C9H9FO3/c1-13-9(12)8(11)6-2-4-7(10)5-3-6/h2-5,8,11H,1H3/t8-/m1/s1. The SMILES string of the molecule is COC(=O)[C@H](O)c1ccc(F)cc1. The minimum Gasteiger partial charge on any atom is -0.467 e. The van der Waals surface area contributed by atoms with Crippen LogP contribution in [0.3, 0.4) is 0 Å². The summed E-state index contributed by atoms with van der Waals surface area (Å²) in [5.41, 5.74) is 0.313. The van der Waals surface area contributed by atoms with Crippen LogP contribution in [-0.2, 0) is 9.53 Å². The maximum Gasteiger partial charge on any atom is 0.339 e. The topological polar surface area (TPSA) is 46.5 Å². The van der Waals surface area contributed by atoms with Crippen LogP contribution < -0.4 is 0 Å². The van der Waals surface area contributed by atoms with Gasteiger partial charge < -0.3 is 9.84 Å². The van der Waals surface area contributed by atoms with E-state index in [1.54, 1.807) is 0 Å². The zero-order valence-electron chi connectivity index (χ0n) is 7.03. The minimum absolute atomic E-state index is 0.313. The molecular formula is C9H9FO3. The second kappa shape index (κ2) is 4.00. The Morgan fingerprint density at radius 1 is 1.46 bits per heavy atom. The quantitative estimate of drug-likeness (QED) is 0.698. The first-order valence-electron chi connectivity index (χ1n) is 3.66. The molecule has 0 heterocycles. The molecule has 0 aliphatic heterocycles. The lowest BCUT2D eigenvalue weighted by Gasteiger charge is -2.07. The molecule has 0 saturated carbocycles. The van der Waals surface area contributed by atoms with Gasteiger partial charge in [0.2, 0.25) is 0 Å². The van der Waals surface area contributed by atoms with Crippen LogP contribution in [0, 0.1) is 5.82 Å². The van der Waals surface area contributed by atoms with E-state index in [1.807, 2.05) is 0 Å². The van der Waals surface area contributed by atoms with Crippen molar-refractivity contribution in [2.45, 2.75) is 6.10 Å². The smallest absolute Gasteiger partial charge is 0.339 e. The molecule has 0 fully saturated rings. The van der Waals surface area contributed by atoms with E-state index in [1.165, 1.54) is 31.4 Å². The third-order valence-corrected chi connectivity index (χ3v) is 1.61. The number of hydrogen-bond acceptors (Lipinski definition) is 3. The lowest BCUT2D eigenvalue weighted by atomic mass is 10.1. The summed E-state index contributed by atoms with van der Waals surface area (Å²) in [6, 6.07) is 5.00. The molecule has 70 valence electrons. The molecule has 0 aliphatic rings. The summed E-state index contributed by atoms with van der Waals surface area (Å²) in [6.45, 7) is 0. The lowest BCUT2D eigenvalue weighted by molar-refractivity contribution is -0.150. The molecule has 0 amide bonds. The van der Waals surface area contributed by atoms with E-state index >= 15 is 0 Å². The molecule has 1 aromatic rings. The normalized spacial score (nSPS) is 12.2. The van der Waals surface area contributed by atoms with Crippen molar-refractivity contribution in [3.05, 3.63) is 35.6 Å². The first-order valence-corrected chi connectivity index (χ1v) is 3.66. The summed E-state index contributed by atoms with van der Waals surface area (Å²) in [4.78, 5) is 10.8. The van der Waals surface area contributed by atoms with Gasteiger partial charge in [-0.05, 0) is 17.7 Å². The Morgan fingerprint density at radius 2 is 2.00 bits per heavy atom. The zero-order chi connectivity index (χ0) is 9.84. The van der Waals surface area contributed by atoms with Gasteiger partial charge in [-0.2, -0.15) is 0 Å². The largest absolute Gasteiger partial charge is 0.467 e. The Labute approximate surface area is 74.8 Å². The van der Waals surface area contributed by atoms with Crippen LogP contribution >= 0.6 is 0 Å². The average molecular weight is 184 g/mol. The molecular weight excluding hydrogens is 175 g/mol. The molecule has 3 nitrogen and oxygen atoms in total. The van der Waals surface area contributed by atoms with Crippen molar-refractivity contribution in [1.29, 1.82) is 0 Å². The van der Waals surface area contributed by atoms with Crippen LogP contribution in [-0.4, -0.2) is 18.2 Å². The van der Waals surface area contributed by atoms with Gasteiger partial charge >= 0.3 is 5.97 Å². The number of esters is 1. The first-order chi connectivity index (χ1) is 6.15. The summed E-state index contributed by atoms with van der Waals surface area (Å²) >= 11 is 0. The van der Waals surface area contributed by atoms with Crippen LogP contribution in [0.2, 0.25) is 0 Å². The fraction of sp³-hybridized carbons (Fsp3) is 0.222. The highest BCUT2D eigenvalue weighted by atomic mass is 19.1. The van der Waals surface area contributed by atoms with Gasteiger partial charge in [0.05, 0.1) is 7.11 Å². The molecule has 0 aromatic heterocycles. The molecule has 0 spiro atoms. The summed E-state index contributed by atoms with van der Waals surface area (Å²) in [5, 5.41) is 9.28. The zero-order valence-corrected chi connectivity index (χ0v) is 7.03. The predicted octanol–water partition coefficient (Wildman–Crippen LogP) is 1.03. The van der Waals surface area contributed by atoms with Crippen LogP contribution in [0.15, 0.2) is 24.3 Å². The number of ether oxygens (including phenoxy) is 1. The van der Waals surface area contributed by atoms with E-state index in [0.29, 0.717) is 5.56 Å². The molecule has 0 bridgehead atoms. The van der Waals surface area contributed by atoms with Gasteiger partial charge in [-0.3, -0.25) is 0 Å². The predicted molar refractivity (Wildman–Crippen MR) is 43.4 cm³/mol. The van der Waals surface area contributed by atoms with Crippen LogP contribution in [0.25, 0.3) is 0 Å². The minimum atomic E-state index is -1.34. The van der Waals surface area contributed by atoms with E-state index in [2.05, 4.69) is 4.74 Å². The summed E-state index contributed by atoms with van der Waals surface area (Å²) in [7, 11) is 1.18. The van der Waals surface area contributed by atoms with E-state index in [0.717, 1.165) is 0 Å².